The molecule has 0 spiro atoms. The Balaban J connectivity index is 2.55. The molecule has 1 rings (SSSR count). The molecular formula is C28H39NO16. The molecule has 0 aromatic carbocycles. The molecule has 0 bridgehead atoms. The van der Waals surface area contributed by atoms with E-state index in [4.69, 9.17) is 33.2 Å². The van der Waals surface area contributed by atoms with Crippen molar-refractivity contribution in [2.24, 2.45) is 0 Å². The van der Waals surface area contributed by atoms with Gasteiger partial charge in [-0.3, -0.25) is 33.6 Å². The van der Waals surface area contributed by atoms with Crippen molar-refractivity contribution in [2.75, 3.05) is 46.8 Å². The van der Waals surface area contributed by atoms with Crippen LogP contribution >= 0.6 is 0 Å². The Labute approximate surface area is 259 Å². The van der Waals surface area contributed by atoms with Crippen LogP contribution in [-0.2, 0) is 76.4 Å². The number of nitrogens with zero attached hydrogens (tertiary/aromatic N) is 1. The van der Waals surface area contributed by atoms with E-state index in [0.717, 1.165) is 0 Å². The van der Waals surface area contributed by atoms with E-state index in [1.54, 1.807) is 0 Å². The Bertz CT molecular complexity index is 1030. The Morgan fingerprint density at radius 3 is 1.60 bits per heavy atom. The van der Waals surface area contributed by atoms with Crippen LogP contribution < -0.4 is 0 Å². The van der Waals surface area contributed by atoms with Crippen LogP contribution in [0.15, 0.2) is 12.8 Å². The van der Waals surface area contributed by atoms with Gasteiger partial charge in [-0.25, -0.2) is 4.79 Å². The van der Waals surface area contributed by atoms with Crippen LogP contribution in [0.3, 0.4) is 0 Å². The molecule has 0 aromatic heterocycles. The van der Waals surface area contributed by atoms with E-state index in [9.17, 15) is 38.4 Å². The molecule has 1 saturated heterocycles. The second-order valence-corrected chi connectivity index (χ2v) is 9.20. The molecule has 0 N–H and O–H groups in total. The Morgan fingerprint density at radius 1 is 0.667 bits per heavy atom. The lowest BCUT2D eigenvalue weighted by Gasteiger charge is -2.18. The van der Waals surface area contributed by atoms with E-state index >= 15 is 0 Å². The summed E-state index contributed by atoms with van der Waals surface area (Å²) in [6, 6.07) is 0. The second-order valence-electron chi connectivity index (χ2n) is 9.20. The summed E-state index contributed by atoms with van der Waals surface area (Å²) in [7, 11) is 1.50. The van der Waals surface area contributed by atoms with E-state index < -0.39 is 79.8 Å². The van der Waals surface area contributed by atoms with Crippen LogP contribution in [0.1, 0.15) is 64.2 Å². The fourth-order valence-electron chi connectivity index (χ4n) is 3.24. The minimum absolute atomic E-state index is 0.0782. The van der Waals surface area contributed by atoms with Crippen molar-refractivity contribution in [1.29, 1.82) is 0 Å². The molecule has 0 radical (unpaired) electrons. The van der Waals surface area contributed by atoms with Gasteiger partial charge in [-0.1, -0.05) is 6.58 Å². The molecule has 1 heterocycles. The number of methoxy groups -OCH3 is 1. The summed E-state index contributed by atoms with van der Waals surface area (Å²) in [6.45, 7) is 3.13. The van der Waals surface area contributed by atoms with Gasteiger partial charge >= 0.3 is 35.8 Å². The number of esters is 5. The molecule has 1 aliphatic heterocycles. The van der Waals surface area contributed by atoms with Crippen molar-refractivity contribution in [1.82, 2.24) is 5.06 Å². The molecule has 17 nitrogen and oxygen atoms in total. The Morgan fingerprint density at radius 2 is 1.11 bits per heavy atom. The van der Waals surface area contributed by atoms with Crippen LogP contribution in [0.2, 0.25) is 0 Å². The fourth-order valence-corrected chi connectivity index (χ4v) is 3.24. The van der Waals surface area contributed by atoms with Crippen LogP contribution in [0, 0.1) is 0 Å². The monoisotopic (exact) mass is 645 g/mol. The molecule has 45 heavy (non-hydrogen) atoms. The molecule has 1 aliphatic rings. The van der Waals surface area contributed by atoms with Crippen molar-refractivity contribution in [3.05, 3.63) is 12.8 Å². The molecule has 0 aliphatic carbocycles. The van der Waals surface area contributed by atoms with Crippen LogP contribution in [-0.4, -0.2) is 106 Å². The zero-order valence-corrected chi connectivity index (χ0v) is 25.2. The van der Waals surface area contributed by atoms with Gasteiger partial charge in [-0.2, -0.15) is 0 Å². The third-order valence-corrected chi connectivity index (χ3v) is 5.50. The normalized spacial score (nSPS) is 13.0. The van der Waals surface area contributed by atoms with Crippen molar-refractivity contribution in [2.45, 2.75) is 70.3 Å². The highest BCUT2D eigenvalue weighted by Gasteiger charge is 2.33. The summed E-state index contributed by atoms with van der Waals surface area (Å²) in [5.41, 5.74) is 0. The van der Waals surface area contributed by atoms with Gasteiger partial charge in [0, 0.05) is 39.4 Å². The Kier molecular flexibility index (Phi) is 19.6. The van der Waals surface area contributed by atoms with Gasteiger partial charge in [0.25, 0.3) is 11.8 Å². The first kappa shape index (κ1) is 38.5. The van der Waals surface area contributed by atoms with Crippen LogP contribution in [0.25, 0.3) is 0 Å². The minimum Gasteiger partial charge on any atom is -0.502 e. The van der Waals surface area contributed by atoms with E-state index in [2.05, 4.69) is 11.4 Å². The van der Waals surface area contributed by atoms with Gasteiger partial charge in [-0.05, 0) is 0 Å². The zero-order chi connectivity index (χ0) is 33.5. The maximum absolute atomic E-state index is 12.4. The Hall–Kier alpha value is -4.54. The lowest BCUT2D eigenvalue weighted by atomic mass is 10.3. The van der Waals surface area contributed by atoms with E-state index in [-0.39, 0.29) is 51.7 Å². The lowest BCUT2D eigenvalue weighted by molar-refractivity contribution is -0.197. The van der Waals surface area contributed by atoms with E-state index in [1.807, 2.05) is 0 Å². The van der Waals surface area contributed by atoms with Gasteiger partial charge in [0.05, 0.1) is 64.6 Å². The highest BCUT2D eigenvalue weighted by Crippen LogP contribution is 2.13. The molecule has 17 heteroatoms. The van der Waals surface area contributed by atoms with Crippen molar-refractivity contribution in [3.8, 4) is 0 Å². The number of hydroxylamine groups is 2. The quantitative estimate of drug-likeness (QED) is 0.0462. The molecular weight excluding hydrogens is 606 g/mol. The SMILES string of the molecule is C=COCCCOC(=O)CCC(=O)OCC(COC(=O)CCC(=O)OCCCOC)OC(=O)CCC(=O)ON1C(=O)CCC1=O. The molecule has 2 amide bonds. The molecule has 0 aromatic rings. The van der Waals surface area contributed by atoms with Gasteiger partial charge in [0.1, 0.15) is 13.2 Å². The number of imide groups is 1. The topological polar surface area (TPSA) is 214 Å². The number of amides is 2. The van der Waals surface area contributed by atoms with Crippen molar-refractivity contribution in [3.63, 3.8) is 0 Å². The molecule has 0 saturated carbocycles. The van der Waals surface area contributed by atoms with Gasteiger partial charge in [-0.15, -0.1) is 5.06 Å². The minimum atomic E-state index is -1.32. The van der Waals surface area contributed by atoms with Crippen LogP contribution in [0.4, 0.5) is 0 Å². The summed E-state index contributed by atoms with van der Waals surface area (Å²) in [6.07, 6.45) is -1.72. The predicted octanol–water partition coefficient (Wildman–Crippen LogP) is 0.606. The number of rotatable bonds is 24. The number of hydrogen-bond acceptors (Lipinski definition) is 16. The highest BCUT2D eigenvalue weighted by molar-refractivity contribution is 6.01. The van der Waals surface area contributed by atoms with E-state index in [0.29, 0.717) is 31.1 Å². The predicted molar refractivity (Wildman–Crippen MR) is 146 cm³/mol. The van der Waals surface area contributed by atoms with Crippen LogP contribution in [0.5, 0.6) is 0 Å². The van der Waals surface area contributed by atoms with Gasteiger partial charge in [0.15, 0.2) is 6.10 Å². The third kappa shape index (κ3) is 18.7. The summed E-state index contributed by atoms with van der Waals surface area (Å²) in [5.74, 6) is -6.35. The average Bonchev–Trinajstić information content (AvgIpc) is 3.33. The standard InChI is InChI=1S/C28H39NO16/c1-3-39-15-5-17-41-24(33)9-11-26(35)43-19-20(18-42-25(34)10-8-23(32)40-16-4-14-38-2)44-27(36)12-13-28(37)45-29-21(30)6-7-22(29)31/h3,20H,1,4-19H2,2H3. The van der Waals surface area contributed by atoms with Crippen molar-refractivity contribution >= 4 is 47.6 Å². The first-order valence-corrected chi connectivity index (χ1v) is 14.2. The average molecular weight is 646 g/mol. The maximum Gasteiger partial charge on any atom is 0.333 e. The second kappa shape index (κ2) is 22.9. The number of ether oxygens (including phenoxy) is 7. The fraction of sp³-hybridized carbons (Fsp3) is 0.643. The summed E-state index contributed by atoms with van der Waals surface area (Å²) >= 11 is 0. The third-order valence-electron chi connectivity index (χ3n) is 5.50. The van der Waals surface area contributed by atoms with E-state index in [1.165, 1.54) is 13.4 Å². The number of carbonyl (C=O) groups excluding carboxylic acids is 8. The molecule has 1 unspecified atom stereocenters. The first-order chi connectivity index (χ1) is 21.5. The maximum atomic E-state index is 12.4. The lowest BCUT2D eigenvalue weighted by Crippen LogP contribution is -2.33. The molecule has 252 valence electrons. The zero-order valence-electron chi connectivity index (χ0n) is 25.2. The smallest absolute Gasteiger partial charge is 0.333 e. The molecule has 1 atom stereocenters. The van der Waals surface area contributed by atoms with Gasteiger partial charge < -0.3 is 38.0 Å². The summed E-state index contributed by atoms with van der Waals surface area (Å²) < 4.78 is 34.9. The number of hydrogen-bond donors (Lipinski definition) is 0. The largest absolute Gasteiger partial charge is 0.502 e. The summed E-state index contributed by atoms with van der Waals surface area (Å²) in [4.78, 5) is 99.9. The van der Waals surface area contributed by atoms with Crippen molar-refractivity contribution < 1.29 is 76.4 Å². The van der Waals surface area contributed by atoms with Gasteiger partial charge in [0.2, 0.25) is 0 Å². The molecule has 1 fully saturated rings. The summed E-state index contributed by atoms with van der Waals surface area (Å²) in [5, 5.41) is 0.331. The number of carbonyl (C=O) groups is 8. The first-order valence-electron chi connectivity index (χ1n) is 14.2. The highest BCUT2D eigenvalue weighted by atomic mass is 16.7.